The number of carbonyl (C=O) groups excluding carboxylic acids is 3. The smallest absolute Gasteiger partial charge is 0.307 e. The van der Waals surface area contributed by atoms with Gasteiger partial charge in [0.2, 0.25) is 0 Å². The third-order valence-electron chi connectivity index (χ3n) is 8.24. The highest BCUT2D eigenvalue weighted by Crippen LogP contribution is 2.28. The third kappa shape index (κ3) is 10.2. The van der Waals surface area contributed by atoms with Crippen LogP contribution in [-0.4, -0.2) is 52.2 Å². The number of nitrogens with zero attached hydrogens (tertiary/aromatic N) is 3. The van der Waals surface area contributed by atoms with Gasteiger partial charge < -0.3 is 20.3 Å². The molecule has 0 aliphatic carbocycles. The molecule has 1 aliphatic heterocycles. The zero-order chi connectivity index (χ0) is 35.0. The second-order valence-electron chi connectivity index (χ2n) is 13.4. The second kappa shape index (κ2) is 16.1. The minimum Gasteiger partial charge on any atom is -0.460 e. The minimum absolute atomic E-state index is 0.222. The van der Waals surface area contributed by atoms with Crippen LogP contribution in [0.3, 0.4) is 0 Å². The number of anilines is 3. The highest BCUT2D eigenvalue weighted by molar-refractivity contribution is 7.98. The normalized spacial score (nSPS) is 13.1. The summed E-state index contributed by atoms with van der Waals surface area (Å²) in [6, 6.07) is 19.1. The van der Waals surface area contributed by atoms with Gasteiger partial charge in [-0.15, -0.1) is 0 Å². The molecule has 0 saturated carbocycles. The number of hydrogen-bond acceptors (Lipinski definition) is 8. The fourth-order valence-corrected chi connectivity index (χ4v) is 6.41. The van der Waals surface area contributed by atoms with E-state index >= 15 is 0 Å². The van der Waals surface area contributed by atoms with E-state index < -0.39 is 11.5 Å². The molecule has 2 amide bonds. The van der Waals surface area contributed by atoms with Crippen LogP contribution < -0.4 is 15.5 Å². The first-order chi connectivity index (χ1) is 23.4. The molecule has 1 saturated heterocycles. The van der Waals surface area contributed by atoms with Crippen molar-refractivity contribution in [2.45, 2.75) is 71.7 Å². The molecule has 0 atom stereocenters. The molecule has 0 bridgehead atoms. The summed E-state index contributed by atoms with van der Waals surface area (Å²) in [5.74, 6) is 0.642. The maximum Gasteiger partial charge on any atom is 0.307 e. The van der Waals surface area contributed by atoms with E-state index in [-0.39, 0.29) is 11.9 Å². The first-order valence-corrected chi connectivity index (χ1v) is 17.9. The standard InChI is InChI=1S/C39H45N5O4S/c1-26-12-13-29(20-27(26)2)34-23-41-35(24-40-34)43-38(47)32-22-31(44-17-7-6-8-18-44)14-15-33(32)42-37(46)30-11-9-10-28(21-30)25-49-19-16-36(45)48-39(3,4)5/h9-15,20-24H,6-8,16-19,25H2,1-5H3,(H,42,46)(H,41,43,47). The molecule has 2 N–H and O–H groups in total. The fraction of sp³-hybridized carbons (Fsp3) is 0.359. The largest absolute Gasteiger partial charge is 0.460 e. The monoisotopic (exact) mass is 679 g/mol. The van der Waals surface area contributed by atoms with Crippen LogP contribution in [-0.2, 0) is 15.3 Å². The number of benzene rings is 3. The summed E-state index contributed by atoms with van der Waals surface area (Å²) in [6.07, 6.45) is 6.90. The van der Waals surface area contributed by atoms with Crippen molar-refractivity contribution in [1.82, 2.24) is 9.97 Å². The molecule has 0 spiro atoms. The lowest BCUT2D eigenvalue weighted by atomic mass is 10.0. The predicted molar refractivity (Wildman–Crippen MR) is 198 cm³/mol. The van der Waals surface area contributed by atoms with E-state index in [2.05, 4.69) is 51.5 Å². The van der Waals surface area contributed by atoms with Crippen molar-refractivity contribution in [1.29, 1.82) is 0 Å². The first kappa shape index (κ1) is 35.6. The van der Waals surface area contributed by atoms with E-state index in [1.807, 2.05) is 57.2 Å². The number of nitrogens with one attached hydrogen (secondary N) is 2. The molecule has 3 aromatic carbocycles. The highest BCUT2D eigenvalue weighted by Gasteiger charge is 2.20. The SMILES string of the molecule is Cc1ccc(-c2cnc(NC(=O)c3cc(N4CCCCC4)ccc3NC(=O)c3cccc(CSCCC(=O)OC(C)(C)C)c3)cn2)cc1C. The van der Waals surface area contributed by atoms with Gasteiger partial charge in [0.25, 0.3) is 11.8 Å². The number of aromatic nitrogens is 2. The molecule has 256 valence electrons. The lowest BCUT2D eigenvalue weighted by Crippen LogP contribution is -2.29. The number of rotatable bonds is 11. The van der Waals surface area contributed by atoms with Gasteiger partial charge in [-0.1, -0.05) is 24.3 Å². The number of aryl methyl sites for hydroxylation is 2. The zero-order valence-corrected chi connectivity index (χ0v) is 29.8. The van der Waals surface area contributed by atoms with Gasteiger partial charge >= 0.3 is 5.97 Å². The van der Waals surface area contributed by atoms with Gasteiger partial charge in [-0.2, -0.15) is 11.8 Å². The molecule has 9 nitrogen and oxygen atoms in total. The van der Waals surface area contributed by atoms with Gasteiger partial charge in [-0.3, -0.25) is 19.4 Å². The Kier molecular flexibility index (Phi) is 11.7. The molecule has 2 heterocycles. The van der Waals surface area contributed by atoms with Gasteiger partial charge in [-0.05, 0) is 107 Å². The van der Waals surface area contributed by atoms with Crippen LogP contribution in [0, 0.1) is 13.8 Å². The molecule has 4 aromatic rings. The molecule has 5 rings (SSSR count). The molecule has 0 radical (unpaired) electrons. The van der Waals surface area contributed by atoms with Crippen molar-refractivity contribution < 1.29 is 19.1 Å². The van der Waals surface area contributed by atoms with Crippen LogP contribution >= 0.6 is 11.8 Å². The van der Waals surface area contributed by atoms with Crippen molar-refractivity contribution in [2.75, 3.05) is 34.4 Å². The summed E-state index contributed by atoms with van der Waals surface area (Å²) >= 11 is 1.61. The molecule has 1 fully saturated rings. The Balaban J connectivity index is 1.29. The Morgan fingerprint density at radius 1 is 0.857 bits per heavy atom. The van der Waals surface area contributed by atoms with E-state index in [0.29, 0.717) is 46.3 Å². The molecular weight excluding hydrogens is 635 g/mol. The van der Waals surface area contributed by atoms with Crippen molar-refractivity contribution in [2.24, 2.45) is 0 Å². The average Bonchev–Trinajstić information content (AvgIpc) is 3.08. The van der Waals surface area contributed by atoms with E-state index in [4.69, 9.17) is 4.74 Å². The maximum absolute atomic E-state index is 13.8. The summed E-state index contributed by atoms with van der Waals surface area (Å²) in [5.41, 5.74) is 6.65. The van der Waals surface area contributed by atoms with E-state index in [0.717, 1.165) is 42.7 Å². The Morgan fingerprint density at radius 3 is 2.37 bits per heavy atom. The first-order valence-electron chi connectivity index (χ1n) is 16.7. The quantitative estimate of drug-likeness (QED) is 0.120. The molecule has 49 heavy (non-hydrogen) atoms. The summed E-state index contributed by atoms with van der Waals surface area (Å²) < 4.78 is 5.38. The highest BCUT2D eigenvalue weighted by atomic mass is 32.2. The lowest BCUT2D eigenvalue weighted by molar-refractivity contribution is -0.154. The van der Waals surface area contributed by atoms with Crippen LogP contribution in [0.2, 0.25) is 0 Å². The Bertz CT molecular complexity index is 1800. The number of carbonyl (C=O) groups is 3. The van der Waals surface area contributed by atoms with Crippen molar-refractivity contribution in [3.63, 3.8) is 0 Å². The zero-order valence-electron chi connectivity index (χ0n) is 29.0. The van der Waals surface area contributed by atoms with Crippen LogP contribution in [0.5, 0.6) is 0 Å². The van der Waals surface area contributed by atoms with E-state index in [9.17, 15) is 14.4 Å². The fourth-order valence-electron chi connectivity index (χ4n) is 5.54. The topological polar surface area (TPSA) is 114 Å². The van der Waals surface area contributed by atoms with Crippen molar-refractivity contribution >= 4 is 46.7 Å². The Hall–Kier alpha value is -4.70. The second-order valence-corrected chi connectivity index (χ2v) is 14.5. The number of esters is 1. The van der Waals surface area contributed by atoms with Gasteiger partial charge in [-0.25, -0.2) is 4.98 Å². The van der Waals surface area contributed by atoms with Crippen molar-refractivity contribution in [3.05, 3.63) is 101 Å². The van der Waals surface area contributed by atoms with Crippen LogP contribution in [0.15, 0.2) is 73.1 Å². The van der Waals surface area contributed by atoms with Gasteiger partial charge in [0.1, 0.15) is 5.60 Å². The van der Waals surface area contributed by atoms with Crippen LogP contribution in [0.4, 0.5) is 17.2 Å². The lowest BCUT2D eigenvalue weighted by Gasteiger charge is -2.29. The van der Waals surface area contributed by atoms with E-state index in [1.54, 1.807) is 36.3 Å². The number of ether oxygens (including phenoxy) is 1. The number of piperidine rings is 1. The molecule has 1 aromatic heterocycles. The Morgan fingerprint density at radius 2 is 1.65 bits per heavy atom. The summed E-state index contributed by atoms with van der Waals surface area (Å²) in [4.78, 5) is 50.6. The van der Waals surface area contributed by atoms with Crippen LogP contribution in [0.1, 0.15) is 83.9 Å². The molecule has 1 aliphatic rings. The van der Waals surface area contributed by atoms with E-state index in [1.165, 1.54) is 17.5 Å². The summed E-state index contributed by atoms with van der Waals surface area (Å²) in [5, 5.41) is 5.85. The van der Waals surface area contributed by atoms with Gasteiger partial charge in [0, 0.05) is 41.4 Å². The molecular formula is C39H45N5O4S. The van der Waals surface area contributed by atoms with Gasteiger partial charge in [0.05, 0.1) is 35.8 Å². The van der Waals surface area contributed by atoms with Crippen molar-refractivity contribution in [3.8, 4) is 11.3 Å². The molecule has 0 unspecified atom stereocenters. The maximum atomic E-state index is 13.8. The summed E-state index contributed by atoms with van der Waals surface area (Å²) in [6.45, 7) is 11.5. The number of amides is 2. The average molecular weight is 680 g/mol. The third-order valence-corrected chi connectivity index (χ3v) is 9.27. The minimum atomic E-state index is -0.501. The molecule has 10 heteroatoms. The van der Waals surface area contributed by atoms with Crippen LogP contribution in [0.25, 0.3) is 11.3 Å². The number of thioether (sulfide) groups is 1. The number of hydrogen-bond donors (Lipinski definition) is 2. The Labute approximate surface area is 293 Å². The predicted octanol–water partition coefficient (Wildman–Crippen LogP) is 8.22. The van der Waals surface area contributed by atoms with Gasteiger partial charge in [0.15, 0.2) is 5.82 Å². The summed E-state index contributed by atoms with van der Waals surface area (Å²) in [7, 11) is 0.